The first-order valence-corrected chi connectivity index (χ1v) is 9.95. The van der Waals surface area contributed by atoms with Crippen LogP contribution in [0.25, 0.3) is 10.9 Å². The van der Waals surface area contributed by atoms with Gasteiger partial charge >= 0.3 is 0 Å². The SMILES string of the molecule is c1ncc2cc(N3CCN(Cc4nnc5n4CCCCC5)CC3)ccc2n1. The molecule has 0 aliphatic carbocycles. The topological polar surface area (TPSA) is 63.0 Å². The lowest BCUT2D eigenvalue weighted by Gasteiger charge is -2.36. The Bertz CT molecular complexity index is 927. The monoisotopic (exact) mass is 363 g/mol. The van der Waals surface area contributed by atoms with Crippen LogP contribution >= 0.6 is 0 Å². The van der Waals surface area contributed by atoms with Crippen LogP contribution in [-0.4, -0.2) is 55.8 Å². The van der Waals surface area contributed by atoms with Crippen molar-refractivity contribution in [2.24, 2.45) is 0 Å². The lowest BCUT2D eigenvalue weighted by molar-refractivity contribution is 0.240. The highest BCUT2D eigenvalue weighted by Gasteiger charge is 2.21. The van der Waals surface area contributed by atoms with Crippen LogP contribution < -0.4 is 4.90 Å². The van der Waals surface area contributed by atoms with Crippen LogP contribution in [0.3, 0.4) is 0 Å². The summed E-state index contributed by atoms with van der Waals surface area (Å²) in [6, 6.07) is 6.46. The van der Waals surface area contributed by atoms with E-state index in [0.29, 0.717) is 0 Å². The first-order valence-electron chi connectivity index (χ1n) is 9.95. The normalized spacial score (nSPS) is 18.4. The second kappa shape index (κ2) is 7.23. The van der Waals surface area contributed by atoms with Crippen LogP contribution in [0.5, 0.6) is 0 Å². The molecule has 0 unspecified atom stereocenters. The van der Waals surface area contributed by atoms with Gasteiger partial charge in [-0.1, -0.05) is 6.42 Å². The van der Waals surface area contributed by atoms with Crippen LogP contribution in [-0.2, 0) is 19.5 Å². The van der Waals surface area contributed by atoms with E-state index in [-0.39, 0.29) is 0 Å². The van der Waals surface area contributed by atoms with Gasteiger partial charge in [-0.2, -0.15) is 0 Å². The van der Waals surface area contributed by atoms with Gasteiger partial charge in [0.25, 0.3) is 0 Å². The summed E-state index contributed by atoms with van der Waals surface area (Å²) in [5, 5.41) is 10.0. The van der Waals surface area contributed by atoms with Crippen LogP contribution in [0.1, 0.15) is 30.9 Å². The van der Waals surface area contributed by atoms with E-state index < -0.39 is 0 Å². The van der Waals surface area contributed by atoms with Crippen LogP contribution in [0.15, 0.2) is 30.7 Å². The summed E-state index contributed by atoms with van der Waals surface area (Å²) in [5.41, 5.74) is 2.26. The molecule has 0 radical (unpaired) electrons. The van der Waals surface area contributed by atoms with Crippen molar-refractivity contribution >= 4 is 16.6 Å². The molecule has 140 valence electrons. The summed E-state index contributed by atoms with van der Waals surface area (Å²) in [5.74, 6) is 2.32. The second-order valence-electron chi connectivity index (χ2n) is 7.52. The summed E-state index contributed by atoms with van der Waals surface area (Å²) in [6.45, 7) is 6.14. The van der Waals surface area contributed by atoms with Gasteiger partial charge < -0.3 is 9.47 Å². The largest absolute Gasteiger partial charge is 0.369 e. The summed E-state index contributed by atoms with van der Waals surface area (Å²) in [6.07, 6.45) is 8.36. The molecule has 7 nitrogen and oxygen atoms in total. The Balaban J connectivity index is 1.24. The summed E-state index contributed by atoms with van der Waals surface area (Å²) < 4.78 is 2.36. The lowest BCUT2D eigenvalue weighted by atomic mass is 10.2. The molecule has 0 amide bonds. The van der Waals surface area contributed by atoms with E-state index in [1.54, 1.807) is 6.33 Å². The maximum atomic E-state index is 4.49. The zero-order chi connectivity index (χ0) is 18.1. The van der Waals surface area contributed by atoms with Gasteiger partial charge in [-0.05, 0) is 31.0 Å². The number of benzene rings is 1. The van der Waals surface area contributed by atoms with Gasteiger partial charge in [0.1, 0.15) is 18.0 Å². The van der Waals surface area contributed by atoms with Gasteiger partial charge in [-0.15, -0.1) is 10.2 Å². The number of fused-ring (bicyclic) bond motifs is 2. The fourth-order valence-electron chi connectivity index (χ4n) is 4.20. The zero-order valence-electron chi connectivity index (χ0n) is 15.6. The fraction of sp³-hybridized carbons (Fsp3) is 0.500. The molecule has 2 aliphatic heterocycles. The highest BCUT2D eigenvalue weighted by molar-refractivity contribution is 5.81. The van der Waals surface area contributed by atoms with Gasteiger partial charge in [-0.25, -0.2) is 9.97 Å². The quantitative estimate of drug-likeness (QED) is 0.711. The Morgan fingerprint density at radius 2 is 1.85 bits per heavy atom. The van der Waals surface area contributed by atoms with Crippen molar-refractivity contribution in [3.8, 4) is 0 Å². The number of piperazine rings is 1. The van der Waals surface area contributed by atoms with Gasteiger partial charge in [0.2, 0.25) is 0 Å². The number of hydrogen-bond acceptors (Lipinski definition) is 6. The minimum Gasteiger partial charge on any atom is -0.369 e. The molecule has 4 heterocycles. The van der Waals surface area contributed by atoms with Crippen molar-refractivity contribution < 1.29 is 0 Å². The maximum absolute atomic E-state index is 4.49. The summed E-state index contributed by atoms with van der Waals surface area (Å²) >= 11 is 0. The zero-order valence-corrected chi connectivity index (χ0v) is 15.6. The van der Waals surface area contributed by atoms with E-state index >= 15 is 0 Å². The van der Waals surface area contributed by atoms with Crippen LogP contribution in [0.2, 0.25) is 0 Å². The Morgan fingerprint density at radius 1 is 0.926 bits per heavy atom. The Morgan fingerprint density at radius 3 is 2.78 bits per heavy atom. The van der Waals surface area contributed by atoms with Crippen LogP contribution in [0.4, 0.5) is 5.69 Å². The molecule has 2 aliphatic rings. The maximum Gasteiger partial charge on any atom is 0.147 e. The number of nitrogens with zero attached hydrogens (tertiary/aromatic N) is 7. The molecule has 0 spiro atoms. The number of rotatable bonds is 3. The lowest BCUT2D eigenvalue weighted by Crippen LogP contribution is -2.46. The Hall–Kier alpha value is -2.54. The minimum atomic E-state index is 0.909. The van der Waals surface area contributed by atoms with Gasteiger partial charge in [0.05, 0.1) is 12.1 Å². The third-order valence-electron chi connectivity index (χ3n) is 5.78. The molecular formula is C20H25N7. The predicted molar refractivity (Wildman–Crippen MR) is 105 cm³/mol. The number of hydrogen-bond donors (Lipinski definition) is 0. The first-order chi connectivity index (χ1) is 13.4. The molecule has 5 rings (SSSR count). The van der Waals surface area contributed by atoms with E-state index in [2.05, 4.69) is 52.7 Å². The molecule has 1 fully saturated rings. The summed E-state index contributed by atoms with van der Waals surface area (Å²) in [4.78, 5) is 13.4. The van der Waals surface area contributed by atoms with E-state index in [1.165, 1.54) is 30.8 Å². The van der Waals surface area contributed by atoms with Crippen molar-refractivity contribution in [2.45, 2.75) is 38.8 Å². The molecule has 27 heavy (non-hydrogen) atoms. The molecule has 1 aromatic carbocycles. The second-order valence-corrected chi connectivity index (χ2v) is 7.52. The smallest absolute Gasteiger partial charge is 0.147 e. The van der Waals surface area contributed by atoms with Crippen molar-refractivity contribution in [2.75, 3.05) is 31.1 Å². The predicted octanol–water partition coefficient (Wildman–Crippen LogP) is 2.27. The molecule has 2 aromatic heterocycles. The third-order valence-corrected chi connectivity index (χ3v) is 5.78. The standard InChI is InChI=1S/C20H25N7/c1-2-4-19-23-24-20(27(19)7-3-1)14-25-8-10-26(11-9-25)17-5-6-18-16(12-17)13-21-15-22-18/h5-6,12-13,15H,1-4,7-11,14H2. The van der Waals surface area contributed by atoms with Gasteiger partial charge in [0, 0.05) is 56.4 Å². The highest BCUT2D eigenvalue weighted by atomic mass is 15.3. The van der Waals surface area contributed by atoms with Crippen molar-refractivity contribution in [1.82, 2.24) is 29.6 Å². The van der Waals surface area contributed by atoms with Gasteiger partial charge in [0.15, 0.2) is 0 Å². The average molecular weight is 363 g/mol. The Kier molecular flexibility index (Phi) is 4.45. The molecule has 3 aromatic rings. The third kappa shape index (κ3) is 3.39. The van der Waals surface area contributed by atoms with Gasteiger partial charge in [-0.3, -0.25) is 4.90 Å². The number of anilines is 1. The first kappa shape index (κ1) is 16.6. The van der Waals surface area contributed by atoms with Crippen molar-refractivity contribution in [1.29, 1.82) is 0 Å². The number of aryl methyl sites for hydroxylation is 1. The number of aromatic nitrogens is 5. The molecule has 0 atom stereocenters. The highest BCUT2D eigenvalue weighted by Crippen LogP contribution is 2.22. The van der Waals surface area contributed by atoms with Crippen molar-refractivity contribution in [3.63, 3.8) is 0 Å². The van der Waals surface area contributed by atoms with E-state index in [1.807, 2.05) is 6.20 Å². The molecule has 0 bridgehead atoms. The molecule has 0 N–H and O–H groups in total. The molecular weight excluding hydrogens is 338 g/mol. The molecule has 1 saturated heterocycles. The van der Waals surface area contributed by atoms with E-state index in [9.17, 15) is 0 Å². The Labute approximate surface area is 159 Å². The van der Waals surface area contributed by atoms with E-state index in [0.717, 1.165) is 62.4 Å². The molecule has 0 saturated carbocycles. The summed E-state index contributed by atoms with van der Waals surface area (Å²) in [7, 11) is 0. The fourth-order valence-corrected chi connectivity index (χ4v) is 4.20. The molecule has 7 heteroatoms. The minimum absolute atomic E-state index is 0.909. The van der Waals surface area contributed by atoms with Crippen molar-refractivity contribution in [3.05, 3.63) is 42.4 Å². The van der Waals surface area contributed by atoms with E-state index in [4.69, 9.17) is 0 Å². The van der Waals surface area contributed by atoms with Crippen LogP contribution in [0, 0.1) is 0 Å². The average Bonchev–Trinajstić information content (AvgIpc) is 2.94.